The average molecular weight is 565 g/mol. The molecular weight excluding hydrogens is 540 g/mol. The molecule has 1 saturated carbocycles. The summed E-state index contributed by atoms with van der Waals surface area (Å²) in [5.74, 6) is -1.96. The molecule has 2 aromatic rings. The highest BCUT2D eigenvalue weighted by Gasteiger charge is 2.44. The van der Waals surface area contributed by atoms with Gasteiger partial charge in [0.25, 0.3) is 0 Å². The number of hydrogen-bond donors (Lipinski definition) is 1. The van der Waals surface area contributed by atoms with Gasteiger partial charge in [-0.3, -0.25) is 9.48 Å². The number of alkyl halides is 5. The van der Waals surface area contributed by atoms with Gasteiger partial charge in [0.2, 0.25) is 5.91 Å². The van der Waals surface area contributed by atoms with E-state index in [1.54, 1.807) is 6.92 Å². The smallest absolute Gasteiger partial charge is 0.340 e. The van der Waals surface area contributed by atoms with E-state index in [2.05, 4.69) is 10.4 Å². The molecule has 0 saturated heterocycles. The Balaban J connectivity index is 2.09. The van der Waals surface area contributed by atoms with Gasteiger partial charge < -0.3 is 5.32 Å². The van der Waals surface area contributed by atoms with Crippen LogP contribution in [0, 0.1) is 17.2 Å². The van der Waals surface area contributed by atoms with E-state index in [1.807, 2.05) is 6.07 Å². The topological polar surface area (TPSA) is 105 Å². The van der Waals surface area contributed by atoms with E-state index in [-0.39, 0.29) is 29.9 Å². The first-order chi connectivity index (χ1) is 16.6. The number of aromatic nitrogens is 2. The molecule has 1 aromatic heterocycles. The van der Waals surface area contributed by atoms with Gasteiger partial charge >= 0.3 is 6.18 Å². The third kappa shape index (κ3) is 6.93. The molecule has 7 nitrogen and oxygen atoms in total. The van der Waals surface area contributed by atoms with Gasteiger partial charge in [0, 0.05) is 29.9 Å². The van der Waals surface area contributed by atoms with Gasteiger partial charge in [0.05, 0.1) is 16.7 Å². The van der Waals surface area contributed by atoms with Crippen LogP contribution in [-0.4, -0.2) is 46.9 Å². The highest BCUT2D eigenvalue weighted by molar-refractivity contribution is 7.90. The third-order valence-electron chi connectivity index (χ3n) is 6.12. The van der Waals surface area contributed by atoms with Crippen LogP contribution in [0.2, 0.25) is 0 Å². The van der Waals surface area contributed by atoms with Crippen molar-refractivity contribution in [1.82, 2.24) is 15.1 Å². The van der Waals surface area contributed by atoms with Crippen molar-refractivity contribution in [2.75, 3.05) is 6.26 Å². The molecule has 3 atom stereocenters. The van der Waals surface area contributed by atoms with Crippen molar-refractivity contribution in [3.63, 3.8) is 0 Å². The van der Waals surface area contributed by atoms with Gasteiger partial charge in [-0.1, -0.05) is 19.1 Å². The molecule has 3 unspecified atom stereocenters. The van der Waals surface area contributed by atoms with Crippen molar-refractivity contribution < 1.29 is 26.4 Å². The summed E-state index contributed by atoms with van der Waals surface area (Å²) in [7, 11) is -3.48. The van der Waals surface area contributed by atoms with E-state index in [0.29, 0.717) is 17.5 Å². The predicted molar refractivity (Wildman–Crippen MR) is 129 cm³/mol. The summed E-state index contributed by atoms with van der Waals surface area (Å²) in [6.07, 6.45) is -1.31. The van der Waals surface area contributed by atoms with E-state index in [4.69, 9.17) is 23.2 Å². The van der Waals surface area contributed by atoms with Crippen molar-refractivity contribution in [3.8, 4) is 17.2 Å². The second-order valence-corrected chi connectivity index (χ2v) is 12.6. The van der Waals surface area contributed by atoms with Crippen LogP contribution in [0.5, 0.6) is 0 Å². The van der Waals surface area contributed by atoms with Crippen LogP contribution in [0.4, 0.5) is 13.2 Å². The zero-order valence-electron chi connectivity index (χ0n) is 19.5. The van der Waals surface area contributed by atoms with Crippen LogP contribution in [0.25, 0.3) is 11.1 Å². The predicted octanol–water partition coefficient (Wildman–Crippen LogP) is 4.99. The molecule has 1 heterocycles. The number of rotatable bonds is 7. The number of nitrogens with zero attached hydrogens (tertiary/aromatic N) is 3. The molecular formula is C23H25Cl2F3N4O3S. The van der Waals surface area contributed by atoms with Gasteiger partial charge in [0.1, 0.15) is 16.9 Å². The average Bonchev–Trinajstić information content (AvgIpc) is 3.17. The number of amides is 1. The normalized spacial score (nSPS) is 20.9. The summed E-state index contributed by atoms with van der Waals surface area (Å²) >= 11 is 12.7. The first-order valence-corrected chi connectivity index (χ1v) is 13.8. The number of halogens is 5. The molecule has 0 bridgehead atoms. The Hall–Kier alpha value is -2.29. The lowest BCUT2D eigenvalue weighted by Crippen LogP contribution is -2.44. The summed E-state index contributed by atoms with van der Waals surface area (Å²) in [6, 6.07) is 6.95. The fourth-order valence-corrected chi connectivity index (χ4v) is 5.50. The van der Waals surface area contributed by atoms with E-state index in [9.17, 15) is 31.6 Å². The third-order valence-corrected chi connectivity index (χ3v) is 7.93. The van der Waals surface area contributed by atoms with E-state index in [1.165, 1.54) is 30.5 Å². The molecule has 1 amide bonds. The molecule has 3 rings (SSSR count). The second kappa shape index (κ2) is 10.6. The fourth-order valence-electron chi connectivity index (χ4n) is 4.32. The maximum absolute atomic E-state index is 13.2. The SMILES string of the molecule is CCC(C#N)NC(=O)C1CC(Cl)(Cl)CCC1c1nn(CC(F)(F)F)cc1-c1ccc(S(C)(=O)=O)cc1. The monoisotopic (exact) mass is 564 g/mol. The van der Waals surface area contributed by atoms with Crippen molar-refractivity contribution >= 4 is 38.9 Å². The van der Waals surface area contributed by atoms with Gasteiger partial charge in [-0.15, -0.1) is 23.2 Å². The number of hydrogen-bond acceptors (Lipinski definition) is 5. The molecule has 0 spiro atoms. The Bertz CT molecular complexity index is 1250. The highest BCUT2D eigenvalue weighted by Crippen LogP contribution is 2.49. The summed E-state index contributed by atoms with van der Waals surface area (Å²) in [5.41, 5.74) is 1.04. The zero-order chi connectivity index (χ0) is 26.9. The number of carbonyl (C=O) groups is 1. The zero-order valence-corrected chi connectivity index (χ0v) is 21.8. The summed E-state index contributed by atoms with van der Waals surface area (Å²) in [5, 5.41) is 16.1. The first-order valence-electron chi connectivity index (χ1n) is 11.2. The summed E-state index contributed by atoms with van der Waals surface area (Å²) in [4.78, 5) is 13.2. The molecule has 0 radical (unpaired) electrons. The Morgan fingerprint density at radius 2 is 1.97 bits per heavy atom. The maximum Gasteiger partial charge on any atom is 0.408 e. The second-order valence-electron chi connectivity index (χ2n) is 8.95. The number of nitriles is 1. The van der Waals surface area contributed by atoms with Crippen LogP contribution >= 0.6 is 23.2 Å². The van der Waals surface area contributed by atoms with Gasteiger partial charge in [-0.2, -0.15) is 23.5 Å². The van der Waals surface area contributed by atoms with E-state index >= 15 is 0 Å². The van der Waals surface area contributed by atoms with Gasteiger partial charge in [0.15, 0.2) is 9.84 Å². The number of sulfone groups is 1. The lowest BCUT2D eigenvalue weighted by Gasteiger charge is -2.37. The Morgan fingerprint density at radius 1 is 1.33 bits per heavy atom. The van der Waals surface area contributed by atoms with Crippen LogP contribution in [-0.2, 0) is 21.2 Å². The first kappa shape index (κ1) is 28.3. The standard InChI is InChI=1S/C23H25Cl2F3N4O3S/c1-3-15(11-29)30-21(33)18-10-22(24,25)9-8-17(18)20-19(12-32(31-20)13-23(26,27)28)14-4-6-16(7-5-14)36(2,34)35/h4-7,12,15,17-18H,3,8-10,13H2,1-2H3,(H,30,33). The largest absolute Gasteiger partial charge is 0.408 e. The van der Waals surface area contributed by atoms with Crippen molar-refractivity contribution in [3.05, 3.63) is 36.2 Å². The van der Waals surface area contributed by atoms with Crippen molar-refractivity contribution in [1.29, 1.82) is 5.26 Å². The molecule has 13 heteroatoms. The fraction of sp³-hybridized carbons (Fsp3) is 0.522. The molecule has 36 heavy (non-hydrogen) atoms. The Morgan fingerprint density at radius 3 is 2.50 bits per heavy atom. The lowest BCUT2D eigenvalue weighted by atomic mass is 9.75. The molecule has 1 aromatic carbocycles. The Labute approximate surface area is 217 Å². The van der Waals surface area contributed by atoms with E-state index in [0.717, 1.165) is 10.9 Å². The van der Waals surface area contributed by atoms with Crippen LogP contribution < -0.4 is 5.32 Å². The van der Waals surface area contributed by atoms with Gasteiger partial charge in [-0.05, 0) is 43.4 Å². The van der Waals surface area contributed by atoms with Crippen molar-refractivity contribution in [2.24, 2.45) is 5.92 Å². The number of nitrogens with one attached hydrogen (secondary N) is 1. The summed E-state index contributed by atoms with van der Waals surface area (Å²) < 4.78 is 62.8. The van der Waals surface area contributed by atoms with Gasteiger partial charge in [-0.25, -0.2) is 8.42 Å². The number of carbonyl (C=O) groups excluding carboxylic acids is 1. The molecule has 196 valence electrons. The molecule has 1 fully saturated rings. The van der Waals surface area contributed by atoms with Crippen LogP contribution in [0.3, 0.4) is 0 Å². The minimum atomic E-state index is -4.54. The van der Waals surface area contributed by atoms with Crippen LogP contribution in [0.15, 0.2) is 35.4 Å². The molecule has 0 aliphatic heterocycles. The molecule has 1 aliphatic rings. The minimum Gasteiger partial charge on any atom is -0.340 e. The van der Waals surface area contributed by atoms with Crippen LogP contribution in [0.1, 0.15) is 44.2 Å². The molecule has 1 aliphatic carbocycles. The quantitative estimate of drug-likeness (QED) is 0.477. The van der Waals surface area contributed by atoms with E-state index < -0.39 is 50.7 Å². The lowest BCUT2D eigenvalue weighted by molar-refractivity contribution is -0.142. The van der Waals surface area contributed by atoms with Crippen molar-refractivity contribution in [2.45, 2.75) is 66.5 Å². The minimum absolute atomic E-state index is 0.0209. The Kier molecular flexibility index (Phi) is 8.33. The summed E-state index contributed by atoms with van der Waals surface area (Å²) in [6.45, 7) is 0.392. The number of benzene rings is 1. The highest BCUT2D eigenvalue weighted by atomic mass is 35.5. The molecule has 1 N–H and O–H groups in total. The maximum atomic E-state index is 13.2.